The van der Waals surface area contributed by atoms with E-state index in [1.54, 1.807) is 12.3 Å². The number of nitrogens with one attached hydrogen (secondary N) is 1. The van der Waals surface area contributed by atoms with Gasteiger partial charge in [-0.2, -0.15) is 0 Å². The van der Waals surface area contributed by atoms with Gasteiger partial charge in [0.15, 0.2) is 0 Å². The summed E-state index contributed by atoms with van der Waals surface area (Å²) in [5, 5.41) is 13.4. The summed E-state index contributed by atoms with van der Waals surface area (Å²) >= 11 is 5.97. The van der Waals surface area contributed by atoms with Crippen LogP contribution in [0.15, 0.2) is 12.3 Å². The molecule has 1 aromatic heterocycles. The van der Waals surface area contributed by atoms with E-state index in [9.17, 15) is 9.90 Å². The highest BCUT2D eigenvalue weighted by Crippen LogP contribution is 2.37. The van der Waals surface area contributed by atoms with Crippen LogP contribution in [0.2, 0.25) is 5.02 Å². The average Bonchev–Trinajstić information content (AvgIpc) is 3.02. The second kappa shape index (κ2) is 4.81. The molecule has 1 unspecified atom stereocenters. The Morgan fingerprint density at radius 1 is 1.63 bits per heavy atom. The number of carbonyl (C=O) groups is 1. The Labute approximate surface area is 116 Å². The highest BCUT2D eigenvalue weighted by Gasteiger charge is 2.33. The van der Waals surface area contributed by atoms with Crippen molar-refractivity contribution >= 4 is 17.5 Å². The Hall–Kier alpha value is -1.04. The van der Waals surface area contributed by atoms with Crippen molar-refractivity contribution in [3.8, 4) is 0 Å². The Morgan fingerprint density at radius 3 is 3.05 bits per heavy atom. The second-order valence-corrected chi connectivity index (χ2v) is 5.83. The summed E-state index contributed by atoms with van der Waals surface area (Å²) in [5.41, 5.74) is -0.369. The van der Waals surface area contributed by atoms with Crippen LogP contribution in [0.25, 0.3) is 0 Å². The van der Waals surface area contributed by atoms with E-state index < -0.39 is 5.60 Å². The maximum atomic E-state index is 12.2. The van der Waals surface area contributed by atoms with Crippen LogP contribution in [0.4, 0.5) is 0 Å². The molecule has 0 radical (unpaired) electrons. The van der Waals surface area contributed by atoms with Crippen LogP contribution in [-0.4, -0.2) is 40.9 Å². The number of rotatable bonds is 4. The van der Waals surface area contributed by atoms with Crippen molar-refractivity contribution in [1.29, 1.82) is 0 Å². The lowest BCUT2D eigenvalue weighted by Crippen LogP contribution is -2.43. The second-order valence-electron chi connectivity index (χ2n) is 5.39. The van der Waals surface area contributed by atoms with E-state index in [0.717, 1.165) is 12.8 Å². The van der Waals surface area contributed by atoms with Crippen molar-refractivity contribution in [3.05, 3.63) is 23.0 Å². The van der Waals surface area contributed by atoms with Crippen molar-refractivity contribution in [2.75, 3.05) is 19.8 Å². The molecule has 1 saturated heterocycles. The lowest BCUT2D eigenvalue weighted by atomic mass is 10.0. The van der Waals surface area contributed by atoms with Crippen LogP contribution in [0, 0.1) is 0 Å². The lowest BCUT2D eigenvalue weighted by molar-refractivity contribution is 0.0263. The number of nitrogens with zero attached hydrogens (tertiary/aromatic N) is 1. The van der Waals surface area contributed by atoms with Crippen molar-refractivity contribution < 1.29 is 14.6 Å². The van der Waals surface area contributed by atoms with Crippen LogP contribution in [0.5, 0.6) is 0 Å². The first kappa shape index (κ1) is 13.0. The third kappa shape index (κ3) is 2.78. The van der Waals surface area contributed by atoms with E-state index in [2.05, 4.69) is 5.32 Å². The van der Waals surface area contributed by atoms with Gasteiger partial charge in [0.2, 0.25) is 0 Å². The molecule has 1 aliphatic heterocycles. The standard InChI is InChI=1S/C13H17ClN2O3/c14-9-5-11(16(6-9)10-1-2-10)12(17)15-7-13(18)3-4-19-8-13/h5-6,10,18H,1-4,7-8H2,(H,15,17). The summed E-state index contributed by atoms with van der Waals surface area (Å²) in [5.74, 6) is -0.195. The highest BCUT2D eigenvalue weighted by molar-refractivity contribution is 6.31. The molecule has 3 rings (SSSR count). The minimum Gasteiger partial charge on any atom is -0.386 e. The molecule has 19 heavy (non-hydrogen) atoms. The monoisotopic (exact) mass is 284 g/mol. The Kier molecular flexibility index (Phi) is 3.28. The van der Waals surface area contributed by atoms with Crippen LogP contribution < -0.4 is 5.32 Å². The summed E-state index contributed by atoms with van der Waals surface area (Å²) in [6.45, 7) is 1.02. The van der Waals surface area contributed by atoms with Gasteiger partial charge in [0, 0.05) is 31.8 Å². The van der Waals surface area contributed by atoms with Crippen molar-refractivity contribution in [1.82, 2.24) is 9.88 Å². The molecule has 5 nitrogen and oxygen atoms in total. The fourth-order valence-corrected chi connectivity index (χ4v) is 2.56. The van der Waals surface area contributed by atoms with Gasteiger partial charge in [-0.1, -0.05) is 11.6 Å². The Balaban J connectivity index is 1.66. The van der Waals surface area contributed by atoms with Gasteiger partial charge in [-0.25, -0.2) is 0 Å². The molecule has 0 spiro atoms. The van der Waals surface area contributed by atoms with Gasteiger partial charge in [0.05, 0.1) is 11.6 Å². The van der Waals surface area contributed by atoms with Crippen LogP contribution in [0.1, 0.15) is 35.8 Å². The molecule has 0 bridgehead atoms. The number of aliphatic hydroxyl groups is 1. The molecule has 2 N–H and O–H groups in total. The quantitative estimate of drug-likeness (QED) is 0.877. The number of amides is 1. The molecule has 2 aliphatic rings. The molecule has 104 valence electrons. The Bertz CT molecular complexity index is 490. The molecule has 6 heteroatoms. The number of hydrogen-bond acceptors (Lipinski definition) is 3. The average molecular weight is 285 g/mol. The van der Waals surface area contributed by atoms with Crippen LogP contribution in [-0.2, 0) is 4.74 Å². The molecule has 2 fully saturated rings. The zero-order chi connectivity index (χ0) is 13.5. The van der Waals surface area contributed by atoms with Gasteiger partial charge < -0.3 is 19.7 Å². The highest BCUT2D eigenvalue weighted by atomic mass is 35.5. The van der Waals surface area contributed by atoms with E-state index >= 15 is 0 Å². The van der Waals surface area contributed by atoms with Crippen LogP contribution >= 0.6 is 11.6 Å². The Morgan fingerprint density at radius 2 is 2.42 bits per heavy atom. The van der Waals surface area contributed by atoms with Gasteiger partial charge in [-0.05, 0) is 18.9 Å². The fourth-order valence-electron chi connectivity index (χ4n) is 2.35. The number of halogens is 1. The minimum atomic E-state index is -0.934. The molecule has 1 aliphatic carbocycles. The van der Waals surface area contributed by atoms with Gasteiger partial charge in [0.1, 0.15) is 11.3 Å². The first-order valence-electron chi connectivity index (χ1n) is 6.53. The summed E-state index contributed by atoms with van der Waals surface area (Å²) in [6.07, 6.45) is 4.52. The van der Waals surface area contributed by atoms with Crippen LogP contribution in [0.3, 0.4) is 0 Å². The van der Waals surface area contributed by atoms with Crippen molar-refractivity contribution in [2.24, 2.45) is 0 Å². The summed E-state index contributed by atoms with van der Waals surface area (Å²) < 4.78 is 7.07. The first-order chi connectivity index (χ1) is 9.07. The fraction of sp³-hybridized carbons (Fsp3) is 0.615. The van der Waals surface area contributed by atoms with E-state index in [4.69, 9.17) is 16.3 Å². The normalized spacial score (nSPS) is 26.6. The molecular weight excluding hydrogens is 268 g/mol. The lowest BCUT2D eigenvalue weighted by Gasteiger charge is -2.20. The molecular formula is C13H17ClN2O3. The number of ether oxygens (including phenoxy) is 1. The zero-order valence-electron chi connectivity index (χ0n) is 10.6. The molecule has 1 atom stereocenters. The van der Waals surface area contributed by atoms with E-state index in [1.165, 1.54) is 0 Å². The van der Waals surface area contributed by atoms with Crippen molar-refractivity contribution in [3.63, 3.8) is 0 Å². The predicted molar refractivity (Wildman–Crippen MR) is 70.4 cm³/mol. The van der Waals surface area contributed by atoms with E-state index in [-0.39, 0.29) is 19.1 Å². The number of carbonyl (C=O) groups excluding carboxylic acids is 1. The largest absolute Gasteiger partial charge is 0.386 e. The molecule has 1 aromatic rings. The number of hydrogen-bond donors (Lipinski definition) is 2. The molecule has 1 saturated carbocycles. The maximum absolute atomic E-state index is 12.2. The minimum absolute atomic E-state index is 0.195. The maximum Gasteiger partial charge on any atom is 0.268 e. The SMILES string of the molecule is O=C(NCC1(O)CCOC1)c1cc(Cl)cn1C1CC1. The third-order valence-corrected chi connectivity index (χ3v) is 3.86. The first-order valence-corrected chi connectivity index (χ1v) is 6.91. The van der Waals surface area contributed by atoms with Gasteiger partial charge >= 0.3 is 0 Å². The summed E-state index contributed by atoms with van der Waals surface area (Å²) in [6, 6.07) is 2.07. The number of aromatic nitrogens is 1. The summed E-state index contributed by atoms with van der Waals surface area (Å²) in [7, 11) is 0. The van der Waals surface area contributed by atoms with E-state index in [0.29, 0.717) is 29.8 Å². The van der Waals surface area contributed by atoms with Gasteiger partial charge in [-0.15, -0.1) is 0 Å². The molecule has 2 heterocycles. The van der Waals surface area contributed by atoms with Crippen molar-refractivity contribution in [2.45, 2.75) is 30.9 Å². The third-order valence-electron chi connectivity index (χ3n) is 3.65. The van der Waals surface area contributed by atoms with Gasteiger partial charge in [0.25, 0.3) is 5.91 Å². The predicted octanol–water partition coefficient (Wildman–Crippen LogP) is 1.36. The smallest absolute Gasteiger partial charge is 0.268 e. The summed E-state index contributed by atoms with van der Waals surface area (Å²) in [4.78, 5) is 12.2. The topological polar surface area (TPSA) is 63.5 Å². The van der Waals surface area contributed by atoms with Gasteiger partial charge in [-0.3, -0.25) is 4.79 Å². The molecule has 0 aromatic carbocycles. The molecule has 1 amide bonds. The van der Waals surface area contributed by atoms with E-state index in [1.807, 2.05) is 4.57 Å². The zero-order valence-corrected chi connectivity index (χ0v) is 11.3.